The molecule has 2 nitrogen and oxygen atoms in total. The molecule has 0 saturated carbocycles. The summed E-state index contributed by atoms with van der Waals surface area (Å²) in [7, 11) is 1.69. The molecule has 0 aromatic rings. The molecule has 0 aromatic heterocycles. The summed E-state index contributed by atoms with van der Waals surface area (Å²) in [6.07, 6.45) is 28.5. The highest BCUT2D eigenvalue weighted by molar-refractivity contribution is 5.82. The summed E-state index contributed by atoms with van der Waals surface area (Å²) >= 11 is 0. The Hall–Kier alpha value is -1.41. The molecule has 136 valence electrons. The van der Waals surface area contributed by atoms with Crippen molar-refractivity contribution in [2.75, 3.05) is 13.6 Å². The largest absolute Gasteiger partial charge is 0.659 e. The third-order valence-electron chi connectivity index (χ3n) is 3.62. The van der Waals surface area contributed by atoms with Crippen molar-refractivity contribution in [3.63, 3.8) is 0 Å². The van der Waals surface area contributed by atoms with Gasteiger partial charge in [-0.05, 0) is 44.9 Å². The number of hydrogen-bond donors (Lipinski definition) is 0. The van der Waals surface area contributed by atoms with Crippen molar-refractivity contribution in [1.82, 2.24) is 0 Å². The summed E-state index contributed by atoms with van der Waals surface area (Å²) < 4.78 is 0. The summed E-state index contributed by atoms with van der Waals surface area (Å²) in [5.41, 5.74) is 0. The van der Waals surface area contributed by atoms with Crippen LogP contribution in [-0.2, 0) is 4.79 Å². The molecule has 0 atom stereocenters. The molecule has 2 heteroatoms. The van der Waals surface area contributed by atoms with Gasteiger partial charge in [0.1, 0.15) is 5.78 Å². The number of nitrogens with zero attached hydrogens (tertiary/aromatic N) is 1. The van der Waals surface area contributed by atoms with Crippen LogP contribution in [0.15, 0.2) is 48.6 Å². The van der Waals surface area contributed by atoms with Gasteiger partial charge >= 0.3 is 0 Å². The lowest BCUT2D eigenvalue weighted by atomic mass is 10.1. The van der Waals surface area contributed by atoms with Gasteiger partial charge in [0.15, 0.2) is 0 Å². The predicted octanol–water partition coefficient (Wildman–Crippen LogP) is 6.70. The summed E-state index contributed by atoms with van der Waals surface area (Å²) in [6.45, 7) is 2.61. The first-order valence-corrected chi connectivity index (χ1v) is 9.48. The first-order chi connectivity index (χ1) is 11.8. The molecule has 0 saturated heterocycles. The normalized spacial score (nSPS) is 12.4. The molecule has 0 fully saturated rings. The molecular formula is C22H36NO-. The Morgan fingerprint density at radius 2 is 1.25 bits per heavy atom. The fourth-order valence-corrected chi connectivity index (χ4v) is 2.23. The van der Waals surface area contributed by atoms with Crippen LogP contribution in [0, 0.1) is 0 Å². The highest BCUT2D eigenvalue weighted by Crippen LogP contribution is 2.02. The van der Waals surface area contributed by atoms with Gasteiger partial charge in [-0.15, -0.1) is 0 Å². The zero-order valence-electron chi connectivity index (χ0n) is 15.8. The maximum Gasteiger partial charge on any atom is 0.112 e. The second-order valence-corrected chi connectivity index (χ2v) is 5.99. The number of carbonyl (C=O) groups is 1. The number of unbranched alkanes of at least 4 members (excludes halogenated alkanes) is 4. The van der Waals surface area contributed by atoms with Crippen LogP contribution in [0.5, 0.6) is 0 Å². The molecular weight excluding hydrogens is 294 g/mol. The highest BCUT2D eigenvalue weighted by Gasteiger charge is 1.92. The van der Waals surface area contributed by atoms with Crippen LogP contribution < -0.4 is 0 Å². The van der Waals surface area contributed by atoms with E-state index in [9.17, 15) is 4.79 Å². The predicted molar refractivity (Wildman–Crippen MR) is 108 cm³/mol. The number of hydrogen-bond acceptors (Lipinski definition) is 1. The van der Waals surface area contributed by atoms with Crippen molar-refractivity contribution in [3.8, 4) is 0 Å². The molecule has 0 aliphatic heterocycles. The summed E-state index contributed by atoms with van der Waals surface area (Å²) in [6, 6.07) is 0. The van der Waals surface area contributed by atoms with Gasteiger partial charge < -0.3 is 10.1 Å². The van der Waals surface area contributed by atoms with E-state index in [-0.39, 0.29) is 5.78 Å². The molecule has 0 aliphatic rings. The van der Waals surface area contributed by atoms with Gasteiger partial charge in [0.2, 0.25) is 0 Å². The Labute approximate surface area is 149 Å². The number of likely N-dealkylation sites (N-methyl/N-ethyl adjacent to an activating group) is 1. The van der Waals surface area contributed by atoms with Crippen LogP contribution in [0.25, 0.3) is 5.32 Å². The second kappa shape index (κ2) is 19.6. The van der Waals surface area contributed by atoms with E-state index in [1.54, 1.807) is 7.05 Å². The number of carbonyl (C=O) groups excluding carboxylic acids is 1. The Balaban J connectivity index is 3.43. The molecule has 0 N–H and O–H groups in total. The van der Waals surface area contributed by atoms with Crippen molar-refractivity contribution in [2.24, 2.45) is 0 Å². The zero-order chi connectivity index (χ0) is 17.7. The first-order valence-electron chi connectivity index (χ1n) is 9.48. The van der Waals surface area contributed by atoms with Crippen LogP contribution in [0.3, 0.4) is 0 Å². The third kappa shape index (κ3) is 18.6. The average molecular weight is 331 g/mol. The van der Waals surface area contributed by atoms with Crippen LogP contribution in [0.2, 0.25) is 0 Å². The van der Waals surface area contributed by atoms with Crippen molar-refractivity contribution in [2.45, 2.75) is 71.1 Å². The van der Waals surface area contributed by atoms with Crippen LogP contribution in [-0.4, -0.2) is 19.4 Å². The topological polar surface area (TPSA) is 31.2 Å². The molecule has 0 radical (unpaired) electrons. The molecule has 0 rings (SSSR count). The number of rotatable bonds is 16. The van der Waals surface area contributed by atoms with Gasteiger partial charge in [-0.1, -0.05) is 74.9 Å². The first kappa shape index (κ1) is 22.6. The molecule has 24 heavy (non-hydrogen) atoms. The lowest BCUT2D eigenvalue weighted by Gasteiger charge is -2.07. The van der Waals surface area contributed by atoms with E-state index in [1.165, 1.54) is 25.7 Å². The Bertz CT molecular complexity index is 391. The molecule has 0 heterocycles. The van der Waals surface area contributed by atoms with E-state index in [0.717, 1.165) is 32.1 Å². The average Bonchev–Trinajstić information content (AvgIpc) is 2.58. The fourth-order valence-electron chi connectivity index (χ4n) is 2.23. The van der Waals surface area contributed by atoms with Crippen molar-refractivity contribution < 1.29 is 4.79 Å². The third-order valence-corrected chi connectivity index (χ3v) is 3.62. The van der Waals surface area contributed by atoms with Gasteiger partial charge in [-0.25, -0.2) is 0 Å². The van der Waals surface area contributed by atoms with Crippen molar-refractivity contribution in [3.05, 3.63) is 53.9 Å². The summed E-state index contributed by atoms with van der Waals surface area (Å²) in [4.78, 5) is 11.3. The Morgan fingerprint density at radius 3 is 1.75 bits per heavy atom. The van der Waals surface area contributed by atoms with E-state index in [4.69, 9.17) is 0 Å². The minimum absolute atomic E-state index is 0.244. The molecule has 0 unspecified atom stereocenters. The lowest BCUT2D eigenvalue weighted by Crippen LogP contribution is -2.01. The number of allylic oxidation sites excluding steroid dienone is 8. The van der Waals surface area contributed by atoms with Gasteiger partial charge in [-0.2, -0.15) is 7.05 Å². The fraction of sp³-hybridized carbons (Fsp3) is 0.591. The quantitative estimate of drug-likeness (QED) is 0.229. The molecule has 0 spiro atoms. The number of ketones is 1. The molecule has 0 bridgehead atoms. The molecule has 0 aromatic carbocycles. The lowest BCUT2D eigenvalue weighted by molar-refractivity contribution is -0.117. The molecule has 0 aliphatic carbocycles. The van der Waals surface area contributed by atoms with E-state index >= 15 is 0 Å². The second-order valence-electron chi connectivity index (χ2n) is 5.99. The zero-order valence-corrected chi connectivity index (χ0v) is 15.8. The van der Waals surface area contributed by atoms with E-state index in [2.05, 4.69) is 60.8 Å². The Kier molecular flexibility index (Phi) is 18.5. The van der Waals surface area contributed by atoms with E-state index < -0.39 is 0 Å². The summed E-state index contributed by atoms with van der Waals surface area (Å²) in [5.74, 6) is 0.244. The van der Waals surface area contributed by atoms with Gasteiger partial charge in [0, 0.05) is 6.42 Å². The maximum atomic E-state index is 11.3. The van der Waals surface area contributed by atoms with Crippen LogP contribution in [0.1, 0.15) is 71.1 Å². The van der Waals surface area contributed by atoms with E-state index in [0.29, 0.717) is 13.0 Å². The van der Waals surface area contributed by atoms with Gasteiger partial charge in [-0.3, -0.25) is 0 Å². The van der Waals surface area contributed by atoms with E-state index in [1.807, 2.05) is 0 Å². The van der Waals surface area contributed by atoms with Gasteiger partial charge in [0.25, 0.3) is 0 Å². The SMILES string of the molecule is CCCCCC=CCC=CCC=CCC=CCCCC(=O)C[N-]C. The smallest absolute Gasteiger partial charge is 0.112 e. The summed E-state index contributed by atoms with van der Waals surface area (Å²) in [5, 5.41) is 3.84. The van der Waals surface area contributed by atoms with Gasteiger partial charge in [0.05, 0.1) is 0 Å². The standard InChI is InChI=1S/C22H36NO/c1-3-4-5-6-7-8-9-10-11-12-13-14-15-16-17-18-19-20-22(24)21-23-2/h7-8,10-11,13-14,16-17H,3-6,9,12,15,18-21H2,1-2H3/q-1. The highest BCUT2D eigenvalue weighted by atomic mass is 16.1. The Morgan fingerprint density at radius 1 is 0.750 bits per heavy atom. The van der Waals surface area contributed by atoms with Crippen LogP contribution in [0.4, 0.5) is 0 Å². The van der Waals surface area contributed by atoms with Crippen molar-refractivity contribution >= 4 is 5.78 Å². The maximum absolute atomic E-state index is 11.3. The van der Waals surface area contributed by atoms with Crippen LogP contribution >= 0.6 is 0 Å². The monoisotopic (exact) mass is 330 g/mol. The minimum atomic E-state index is 0.244. The van der Waals surface area contributed by atoms with Crippen molar-refractivity contribution in [1.29, 1.82) is 0 Å². The number of Topliss-reactive ketones (excluding diaryl/α,β-unsaturated/α-hetero) is 1. The minimum Gasteiger partial charge on any atom is -0.659 e. The molecule has 0 amide bonds.